The second-order valence-corrected chi connectivity index (χ2v) is 4.07. The summed E-state index contributed by atoms with van der Waals surface area (Å²) in [4.78, 5) is 21.1. The van der Waals surface area contributed by atoms with Gasteiger partial charge < -0.3 is 9.64 Å². The van der Waals surface area contributed by atoms with Crippen molar-refractivity contribution < 1.29 is 9.53 Å². The van der Waals surface area contributed by atoms with Crippen molar-refractivity contribution in [2.45, 2.75) is 6.42 Å². The van der Waals surface area contributed by atoms with E-state index in [1.807, 2.05) is 0 Å². The van der Waals surface area contributed by atoms with Crippen LogP contribution in [0, 0.1) is 11.8 Å². The molecule has 1 aromatic rings. The summed E-state index contributed by atoms with van der Waals surface area (Å²) in [5.41, 5.74) is 0. The summed E-state index contributed by atoms with van der Waals surface area (Å²) in [6.45, 7) is 1.67. The maximum Gasteiger partial charge on any atom is 0.416 e. The molecule has 78 valence electrons. The Hall–Kier alpha value is -1.65. The number of likely N-dealkylation sites (tertiary alicyclic amines) is 1. The van der Waals surface area contributed by atoms with Gasteiger partial charge in [-0.05, 0) is 18.3 Å². The van der Waals surface area contributed by atoms with E-state index < -0.39 is 0 Å². The molecule has 2 fully saturated rings. The van der Waals surface area contributed by atoms with Crippen LogP contribution in [0.15, 0.2) is 18.6 Å². The smallest absolute Gasteiger partial charge is 0.389 e. The van der Waals surface area contributed by atoms with Gasteiger partial charge in [0.05, 0.1) is 6.20 Å². The Bertz CT molecular complexity index is 372. The molecule has 0 bridgehead atoms. The van der Waals surface area contributed by atoms with E-state index in [1.54, 1.807) is 11.1 Å². The lowest BCUT2D eigenvalue weighted by molar-refractivity contribution is 0.156. The largest absolute Gasteiger partial charge is 0.416 e. The minimum atomic E-state index is -0.303. The van der Waals surface area contributed by atoms with Gasteiger partial charge in [-0.2, -0.15) is 0 Å². The number of nitrogens with zero attached hydrogens (tertiary/aromatic N) is 3. The average Bonchev–Trinajstić information content (AvgIpc) is 2.87. The van der Waals surface area contributed by atoms with Gasteiger partial charge >= 0.3 is 6.09 Å². The summed E-state index contributed by atoms with van der Waals surface area (Å²) < 4.78 is 5.08. The third kappa shape index (κ3) is 1.65. The number of piperidine rings is 1. The summed E-state index contributed by atoms with van der Waals surface area (Å²) in [7, 11) is 0. The molecule has 1 aliphatic heterocycles. The molecule has 2 aliphatic rings. The van der Waals surface area contributed by atoms with Gasteiger partial charge in [-0.3, -0.25) is 4.98 Å². The Morgan fingerprint density at radius 2 is 2.20 bits per heavy atom. The van der Waals surface area contributed by atoms with Crippen molar-refractivity contribution >= 4 is 6.09 Å². The molecule has 5 nitrogen and oxygen atoms in total. The van der Waals surface area contributed by atoms with E-state index in [2.05, 4.69) is 9.97 Å². The Kier molecular flexibility index (Phi) is 1.83. The normalized spacial score (nSPS) is 27.3. The maximum atomic E-state index is 11.6. The zero-order chi connectivity index (χ0) is 10.3. The number of amides is 1. The Morgan fingerprint density at radius 3 is 2.87 bits per heavy atom. The molecular formula is C10H11N3O2. The van der Waals surface area contributed by atoms with Gasteiger partial charge in [-0.1, -0.05) is 0 Å². The van der Waals surface area contributed by atoms with Crippen LogP contribution in [-0.4, -0.2) is 34.1 Å². The first kappa shape index (κ1) is 8.64. The van der Waals surface area contributed by atoms with Crippen molar-refractivity contribution in [3.05, 3.63) is 18.6 Å². The van der Waals surface area contributed by atoms with Crippen molar-refractivity contribution in [3.63, 3.8) is 0 Å². The summed E-state index contributed by atoms with van der Waals surface area (Å²) in [6, 6.07) is 0. The summed E-state index contributed by atoms with van der Waals surface area (Å²) in [6.07, 6.45) is 5.46. The van der Waals surface area contributed by atoms with Gasteiger partial charge in [-0.15, -0.1) is 0 Å². The van der Waals surface area contributed by atoms with Crippen LogP contribution in [0.3, 0.4) is 0 Å². The molecule has 1 aliphatic carbocycles. The van der Waals surface area contributed by atoms with Gasteiger partial charge in [0.15, 0.2) is 0 Å². The molecule has 1 amide bonds. The molecule has 2 unspecified atom stereocenters. The molecule has 0 N–H and O–H groups in total. The lowest BCUT2D eigenvalue weighted by Crippen LogP contribution is -2.33. The molecule has 2 heterocycles. The number of hydrogen-bond acceptors (Lipinski definition) is 4. The summed E-state index contributed by atoms with van der Waals surface area (Å²) >= 11 is 0. The molecule has 2 atom stereocenters. The van der Waals surface area contributed by atoms with Crippen molar-refractivity contribution in [2.24, 2.45) is 11.8 Å². The number of carbonyl (C=O) groups is 1. The van der Waals surface area contributed by atoms with Crippen LogP contribution >= 0.6 is 0 Å². The zero-order valence-electron chi connectivity index (χ0n) is 8.17. The summed E-state index contributed by atoms with van der Waals surface area (Å²) in [5, 5.41) is 0. The predicted octanol–water partition coefficient (Wildman–Crippen LogP) is 0.927. The van der Waals surface area contributed by atoms with Gasteiger partial charge in [0.1, 0.15) is 0 Å². The van der Waals surface area contributed by atoms with Crippen LogP contribution in [-0.2, 0) is 0 Å². The number of aromatic nitrogens is 2. The minimum absolute atomic E-state index is 0.267. The van der Waals surface area contributed by atoms with E-state index in [-0.39, 0.29) is 12.0 Å². The van der Waals surface area contributed by atoms with E-state index in [0.717, 1.165) is 24.9 Å². The summed E-state index contributed by atoms with van der Waals surface area (Å²) in [5.74, 6) is 1.71. The van der Waals surface area contributed by atoms with Gasteiger partial charge in [0.25, 0.3) is 0 Å². The van der Waals surface area contributed by atoms with E-state index >= 15 is 0 Å². The fraction of sp³-hybridized carbons (Fsp3) is 0.500. The van der Waals surface area contributed by atoms with Crippen molar-refractivity contribution in [1.29, 1.82) is 0 Å². The molecule has 5 heteroatoms. The van der Waals surface area contributed by atoms with Crippen LogP contribution in [0.5, 0.6) is 5.88 Å². The molecular weight excluding hydrogens is 194 g/mol. The molecule has 3 rings (SSSR count). The van der Waals surface area contributed by atoms with E-state index in [4.69, 9.17) is 4.74 Å². The fourth-order valence-electron chi connectivity index (χ4n) is 2.04. The Balaban J connectivity index is 1.61. The molecule has 1 aromatic heterocycles. The molecule has 0 aromatic carbocycles. The topological polar surface area (TPSA) is 55.3 Å². The molecule has 0 radical (unpaired) electrons. The quantitative estimate of drug-likeness (QED) is 0.684. The molecule has 0 spiro atoms. The monoisotopic (exact) mass is 205 g/mol. The SMILES string of the molecule is O=C(Oc1cnccn1)N1CC2CC2C1. The minimum Gasteiger partial charge on any atom is -0.389 e. The predicted molar refractivity (Wildman–Crippen MR) is 51.2 cm³/mol. The first-order chi connectivity index (χ1) is 7.33. The van der Waals surface area contributed by atoms with Crippen molar-refractivity contribution in [3.8, 4) is 5.88 Å². The highest BCUT2D eigenvalue weighted by atomic mass is 16.6. The highest BCUT2D eigenvalue weighted by molar-refractivity contribution is 5.70. The van der Waals surface area contributed by atoms with E-state index in [1.165, 1.54) is 18.8 Å². The Labute approximate surface area is 87.1 Å². The van der Waals surface area contributed by atoms with Gasteiger partial charge in [0.2, 0.25) is 5.88 Å². The zero-order valence-corrected chi connectivity index (χ0v) is 8.17. The second-order valence-electron chi connectivity index (χ2n) is 4.07. The highest BCUT2D eigenvalue weighted by Gasteiger charge is 2.47. The van der Waals surface area contributed by atoms with Crippen LogP contribution in [0.2, 0.25) is 0 Å². The number of hydrogen-bond donors (Lipinski definition) is 0. The van der Waals surface area contributed by atoms with Gasteiger partial charge in [-0.25, -0.2) is 9.78 Å². The lowest BCUT2D eigenvalue weighted by atomic mass is 10.4. The number of rotatable bonds is 1. The molecule has 15 heavy (non-hydrogen) atoms. The van der Waals surface area contributed by atoms with E-state index in [0.29, 0.717) is 0 Å². The first-order valence-electron chi connectivity index (χ1n) is 5.05. The lowest BCUT2D eigenvalue weighted by Gasteiger charge is -2.16. The fourth-order valence-corrected chi connectivity index (χ4v) is 2.04. The van der Waals surface area contributed by atoms with Crippen LogP contribution < -0.4 is 4.74 Å². The third-order valence-electron chi connectivity index (χ3n) is 2.97. The van der Waals surface area contributed by atoms with Gasteiger partial charge in [0, 0.05) is 25.5 Å². The van der Waals surface area contributed by atoms with Crippen LogP contribution in [0.1, 0.15) is 6.42 Å². The second kappa shape index (κ2) is 3.18. The first-order valence-corrected chi connectivity index (χ1v) is 5.05. The highest BCUT2D eigenvalue weighted by Crippen LogP contribution is 2.44. The van der Waals surface area contributed by atoms with Crippen molar-refractivity contribution in [2.75, 3.05) is 13.1 Å². The maximum absolute atomic E-state index is 11.6. The standard InChI is InChI=1S/C10H11N3O2/c14-10(13-5-7-3-8(7)6-13)15-9-4-11-1-2-12-9/h1-2,4,7-8H,3,5-6H2. The molecule has 1 saturated heterocycles. The number of fused-ring (bicyclic) bond motifs is 1. The number of carbonyl (C=O) groups excluding carboxylic acids is 1. The van der Waals surface area contributed by atoms with Crippen molar-refractivity contribution in [1.82, 2.24) is 14.9 Å². The number of ether oxygens (including phenoxy) is 1. The molecule has 1 saturated carbocycles. The van der Waals surface area contributed by atoms with E-state index in [9.17, 15) is 4.79 Å². The Morgan fingerprint density at radius 1 is 1.40 bits per heavy atom. The third-order valence-corrected chi connectivity index (χ3v) is 2.97. The van der Waals surface area contributed by atoms with Crippen LogP contribution in [0.4, 0.5) is 4.79 Å². The van der Waals surface area contributed by atoms with Crippen LogP contribution in [0.25, 0.3) is 0 Å². The average molecular weight is 205 g/mol.